The van der Waals surface area contributed by atoms with Crippen LogP contribution in [0.5, 0.6) is 0 Å². The first kappa shape index (κ1) is 25.4. The first-order valence-electron chi connectivity index (χ1n) is 11.4. The Bertz CT molecular complexity index is 628. The van der Waals surface area contributed by atoms with E-state index in [1.165, 1.54) is 50.0 Å². The second-order valence-electron chi connectivity index (χ2n) is 8.11. The van der Waals surface area contributed by atoms with Crippen molar-refractivity contribution in [3.05, 3.63) is 35.4 Å². The summed E-state index contributed by atoms with van der Waals surface area (Å²) in [5.74, 6) is 0.947. The molecule has 2 fully saturated rings. The predicted molar refractivity (Wildman–Crippen MR) is 136 cm³/mol. The molecule has 1 aromatic carbocycles. The van der Waals surface area contributed by atoms with Gasteiger partial charge in [0.25, 0.3) is 0 Å². The van der Waals surface area contributed by atoms with Crippen LogP contribution in [0.3, 0.4) is 0 Å². The Kier molecular flexibility index (Phi) is 12.0. The monoisotopic (exact) mass is 529 g/mol. The van der Waals surface area contributed by atoms with Crippen LogP contribution in [0.15, 0.2) is 29.3 Å². The molecule has 170 valence electrons. The molecular weight excluding hydrogens is 489 g/mol. The van der Waals surface area contributed by atoms with Gasteiger partial charge in [-0.05, 0) is 43.9 Å². The number of nitrogens with one attached hydrogen (secondary N) is 2. The van der Waals surface area contributed by atoms with Crippen molar-refractivity contribution in [2.24, 2.45) is 4.99 Å². The van der Waals surface area contributed by atoms with Gasteiger partial charge in [0.1, 0.15) is 0 Å². The minimum absolute atomic E-state index is 0. The van der Waals surface area contributed by atoms with Gasteiger partial charge in [0.15, 0.2) is 5.96 Å². The second-order valence-corrected chi connectivity index (χ2v) is 8.11. The quantitative estimate of drug-likeness (QED) is 0.308. The van der Waals surface area contributed by atoms with Gasteiger partial charge in [-0.1, -0.05) is 31.2 Å². The van der Waals surface area contributed by atoms with E-state index in [4.69, 9.17) is 9.73 Å². The van der Waals surface area contributed by atoms with E-state index in [0.717, 1.165) is 45.4 Å². The molecule has 0 aliphatic carbocycles. The van der Waals surface area contributed by atoms with Crippen LogP contribution in [0.25, 0.3) is 0 Å². The summed E-state index contributed by atoms with van der Waals surface area (Å²) in [7, 11) is 0. The van der Waals surface area contributed by atoms with Crippen molar-refractivity contribution in [3.63, 3.8) is 0 Å². The van der Waals surface area contributed by atoms with E-state index >= 15 is 0 Å². The normalized spacial score (nSPS) is 19.3. The van der Waals surface area contributed by atoms with Crippen LogP contribution in [-0.2, 0) is 17.8 Å². The SMILES string of the molecule is CCCN1CCC(NC(=NCc2ccccc2CN2CCOCC2)NCC)CC1.I. The lowest BCUT2D eigenvalue weighted by Gasteiger charge is -2.32. The number of likely N-dealkylation sites (tertiary alicyclic amines) is 1. The maximum absolute atomic E-state index is 5.48. The van der Waals surface area contributed by atoms with Gasteiger partial charge in [-0.15, -0.1) is 24.0 Å². The molecule has 1 aromatic rings. The molecule has 7 heteroatoms. The summed E-state index contributed by atoms with van der Waals surface area (Å²) in [6.45, 7) is 14.3. The van der Waals surface area contributed by atoms with Crippen molar-refractivity contribution in [3.8, 4) is 0 Å². The van der Waals surface area contributed by atoms with Crippen LogP contribution >= 0.6 is 24.0 Å². The summed E-state index contributed by atoms with van der Waals surface area (Å²) >= 11 is 0. The Morgan fingerprint density at radius 1 is 1.03 bits per heavy atom. The summed E-state index contributed by atoms with van der Waals surface area (Å²) in [4.78, 5) is 9.97. The van der Waals surface area contributed by atoms with E-state index in [0.29, 0.717) is 12.6 Å². The summed E-state index contributed by atoms with van der Waals surface area (Å²) in [6.07, 6.45) is 3.63. The fourth-order valence-corrected chi connectivity index (χ4v) is 4.16. The molecule has 0 unspecified atom stereocenters. The zero-order valence-electron chi connectivity index (χ0n) is 18.7. The van der Waals surface area contributed by atoms with Crippen LogP contribution in [0, 0.1) is 0 Å². The van der Waals surface area contributed by atoms with Crippen LogP contribution in [0.4, 0.5) is 0 Å². The Morgan fingerprint density at radius 3 is 2.40 bits per heavy atom. The number of ether oxygens (including phenoxy) is 1. The molecule has 0 atom stereocenters. The molecule has 0 saturated carbocycles. The Labute approximate surface area is 199 Å². The number of morpholine rings is 1. The Balaban J connectivity index is 0.00000320. The number of halogens is 1. The van der Waals surface area contributed by atoms with Crippen LogP contribution in [0.1, 0.15) is 44.2 Å². The number of piperidine rings is 1. The number of benzene rings is 1. The number of guanidine groups is 1. The van der Waals surface area contributed by atoms with Gasteiger partial charge in [0, 0.05) is 45.3 Å². The van der Waals surface area contributed by atoms with E-state index in [2.05, 4.69) is 58.5 Å². The van der Waals surface area contributed by atoms with Gasteiger partial charge in [-0.2, -0.15) is 0 Å². The van der Waals surface area contributed by atoms with E-state index in [9.17, 15) is 0 Å². The van der Waals surface area contributed by atoms with Crippen molar-refractivity contribution in [1.29, 1.82) is 0 Å². The number of hydrogen-bond donors (Lipinski definition) is 2. The van der Waals surface area contributed by atoms with Gasteiger partial charge in [0.2, 0.25) is 0 Å². The smallest absolute Gasteiger partial charge is 0.191 e. The van der Waals surface area contributed by atoms with Gasteiger partial charge in [0.05, 0.1) is 19.8 Å². The molecule has 2 saturated heterocycles. The number of aliphatic imine (C=N–C) groups is 1. The van der Waals surface area contributed by atoms with Crippen molar-refractivity contribution in [2.45, 2.75) is 52.2 Å². The van der Waals surface area contributed by atoms with E-state index in [-0.39, 0.29) is 24.0 Å². The molecule has 6 nitrogen and oxygen atoms in total. The van der Waals surface area contributed by atoms with Crippen LogP contribution < -0.4 is 10.6 Å². The zero-order chi connectivity index (χ0) is 20.3. The standard InChI is InChI=1S/C23H39N5O.HI/c1-3-11-27-12-9-22(10-13-27)26-23(24-4-2)25-18-20-7-5-6-8-21(20)19-28-14-16-29-17-15-28;/h5-8,22H,3-4,9-19H2,1-2H3,(H2,24,25,26);1H. The third kappa shape index (κ3) is 8.32. The molecular formula is C23H40IN5O. The molecule has 0 aromatic heterocycles. The van der Waals surface area contributed by atoms with Gasteiger partial charge >= 0.3 is 0 Å². The van der Waals surface area contributed by atoms with Gasteiger partial charge < -0.3 is 20.3 Å². The highest BCUT2D eigenvalue weighted by atomic mass is 127. The Morgan fingerprint density at radius 2 is 1.73 bits per heavy atom. The lowest BCUT2D eigenvalue weighted by molar-refractivity contribution is 0.0341. The maximum Gasteiger partial charge on any atom is 0.191 e. The van der Waals surface area contributed by atoms with Gasteiger partial charge in [-0.3, -0.25) is 4.90 Å². The summed E-state index contributed by atoms with van der Waals surface area (Å²) < 4.78 is 5.48. The highest BCUT2D eigenvalue weighted by Crippen LogP contribution is 2.15. The van der Waals surface area contributed by atoms with Crippen molar-refractivity contribution >= 4 is 29.9 Å². The molecule has 0 amide bonds. The van der Waals surface area contributed by atoms with Crippen molar-refractivity contribution in [2.75, 3.05) is 52.5 Å². The van der Waals surface area contributed by atoms with E-state index in [1.54, 1.807) is 0 Å². The number of rotatable bonds is 8. The molecule has 2 N–H and O–H groups in total. The minimum Gasteiger partial charge on any atom is -0.379 e. The Hall–Kier alpha value is -0.900. The maximum atomic E-state index is 5.48. The summed E-state index contributed by atoms with van der Waals surface area (Å²) in [5, 5.41) is 7.11. The highest BCUT2D eigenvalue weighted by molar-refractivity contribution is 14.0. The fourth-order valence-electron chi connectivity index (χ4n) is 4.16. The third-order valence-corrected chi connectivity index (χ3v) is 5.84. The van der Waals surface area contributed by atoms with Crippen LogP contribution in [-0.4, -0.2) is 74.3 Å². The molecule has 30 heavy (non-hydrogen) atoms. The molecule has 2 aliphatic rings. The molecule has 2 aliphatic heterocycles. The minimum atomic E-state index is 0. The van der Waals surface area contributed by atoms with E-state index < -0.39 is 0 Å². The highest BCUT2D eigenvalue weighted by Gasteiger charge is 2.19. The second kappa shape index (κ2) is 14.2. The topological polar surface area (TPSA) is 52.1 Å². The summed E-state index contributed by atoms with van der Waals surface area (Å²) in [5.41, 5.74) is 2.69. The first-order valence-corrected chi connectivity index (χ1v) is 11.4. The average molecular weight is 530 g/mol. The largest absolute Gasteiger partial charge is 0.379 e. The zero-order valence-corrected chi connectivity index (χ0v) is 21.1. The fraction of sp³-hybridized carbons (Fsp3) is 0.696. The molecule has 2 heterocycles. The van der Waals surface area contributed by atoms with Gasteiger partial charge in [-0.25, -0.2) is 4.99 Å². The lowest BCUT2D eigenvalue weighted by Crippen LogP contribution is -2.48. The first-order chi connectivity index (χ1) is 14.3. The third-order valence-electron chi connectivity index (χ3n) is 5.84. The van der Waals surface area contributed by atoms with Crippen LogP contribution in [0.2, 0.25) is 0 Å². The van der Waals surface area contributed by atoms with Crippen molar-refractivity contribution < 1.29 is 4.74 Å². The predicted octanol–water partition coefficient (Wildman–Crippen LogP) is 3.07. The summed E-state index contributed by atoms with van der Waals surface area (Å²) in [6, 6.07) is 9.23. The number of hydrogen-bond acceptors (Lipinski definition) is 4. The molecule has 0 bridgehead atoms. The van der Waals surface area contributed by atoms with E-state index in [1.807, 2.05) is 0 Å². The molecule has 0 radical (unpaired) electrons. The lowest BCUT2D eigenvalue weighted by atomic mass is 10.1. The average Bonchev–Trinajstić information content (AvgIpc) is 2.75. The van der Waals surface area contributed by atoms with Crippen molar-refractivity contribution in [1.82, 2.24) is 20.4 Å². The molecule has 0 spiro atoms. The molecule has 3 rings (SSSR count). The number of nitrogens with zero attached hydrogens (tertiary/aromatic N) is 3.